The Labute approximate surface area is 86.7 Å². The quantitative estimate of drug-likeness (QED) is 0.624. The molecule has 1 aliphatic carbocycles. The molecule has 1 aromatic rings. The van der Waals surface area contributed by atoms with E-state index in [1.165, 1.54) is 36.8 Å². The second-order valence-electron chi connectivity index (χ2n) is 4.05. The molecule has 0 aromatic heterocycles. The van der Waals surface area contributed by atoms with Gasteiger partial charge in [0.25, 0.3) is 0 Å². The summed E-state index contributed by atoms with van der Waals surface area (Å²) in [5.41, 5.74) is 4.56. The molecule has 1 aromatic carbocycles. The van der Waals surface area contributed by atoms with Crippen LogP contribution in [0.25, 0.3) is 6.08 Å². The van der Waals surface area contributed by atoms with Crippen molar-refractivity contribution in [1.29, 1.82) is 0 Å². The number of hydrogen-bond donors (Lipinski definition) is 0. The van der Waals surface area contributed by atoms with Crippen LogP contribution in [0.2, 0.25) is 0 Å². The zero-order valence-electron chi connectivity index (χ0n) is 8.92. The van der Waals surface area contributed by atoms with Crippen molar-refractivity contribution in [1.82, 2.24) is 0 Å². The normalized spacial score (nSPS) is 13.2. The summed E-state index contributed by atoms with van der Waals surface area (Å²) < 4.78 is 0. The molecule has 0 atom stereocenters. The van der Waals surface area contributed by atoms with Crippen molar-refractivity contribution < 1.29 is 0 Å². The molecule has 2 rings (SSSR count). The zero-order chi connectivity index (χ0) is 9.80. The second-order valence-corrected chi connectivity index (χ2v) is 4.05. The maximum Gasteiger partial charge on any atom is -0.00881 e. The maximum atomic E-state index is 2.29. The Hall–Kier alpha value is -1.04. The van der Waals surface area contributed by atoms with Crippen molar-refractivity contribution in [3.05, 3.63) is 41.0 Å². The predicted molar refractivity (Wildman–Crippen MR) is 62.4 cm³/mol. The minimum atomic E-state index is 1.14. The number of hydrogen-bond acceptors (Lipinski definition) is 0. The highest BCUT2D eigenvalue weighted by molar-refractivity contribution is 5.63. The van der Waals surface area contributed by atoms with Crippen LogP contribution in [0.5, 0.6) is 0 Å². The van der Waals surface area contributed by atoms with Crippen LogP contribution in [0.1, 0.15) is 42.9 Å². The number of fused-ring (bicyclic) bond motifs is 1. The van der Waals surface area contributed by atoms with Crippen LogP contribution >= 0.6 is 0 Å². The van der Waals surface area contributed by atoms with Gasteiger partial charge in [-0.25, -0.2) is 0 Å². The van der Waals surface area contributed by atoms with Gasteiger partial charge in [-0.2, -0.15) is 0 Å². The van der Waals surface area contributed by atoms with E-state index < -0.39 is 0 Å². The van der Waals surface area contributed by atoms with Crippen LogP contribution < -0.4 is 0 Å². The van der Waals surface area contributed by atoms with Gasteiger partial charge in [0, 0.05) is 0 Å². The summed E-state index contributed by atoms with van der Waals surface area (Å²) in [5, 5.41) is 0. The van der Waals surface area contributed by atoms with Gasteiger partial charge in [0.05, 0.1) is 0 Å². The van der Waals surface area contributed by atoms with Crippen LogP contribution in [0.3, 0.4) is 0 Å². The third kappa shape index (κ3) is 1.89. The van der Waals surface area contributed by atoms with E-state index in [1.54, 1.807) is 5.56 Å². The monoisotopic (exact) mass is 186 g/mol. The molecule has 0 unspecified atom stereocenters. The van der Waals surface area contributed by atoms with Crippen LogP contribution in [0.15, 0.2) is 24.3 Å². The first-order valence-corrected chi connectivity index (χ1v) is 5.69. The summed E-state index contributed by atoms with van der Waals surface area (Å²) in [5.74, 6) is 0. The average Bonchev–Trinajstić information content (AvgIpc) is 2.67. The van der Waals surface area contributed by atoms with E-state index in [2.05, 4.69) is 37.3 Å². The van der Waals surface area contributed by atoms with Crippen molar-refractivity contribution in [2.75, 3.05) is 0 Å². The van der Waals surface area contributed by atoms with Gasteiger partial charge in [-0.15, -0.1) is 0 Å². The number of aryl methyl sites for hydroxylation is 1. The summed E-state index contributed by atoms with van der Waals surface area (Å²) in [4.78, 5) is 0. The summed E-state index contributed by atoms with van der Waals surface area (Å²) in [6.07, 6.45) is 10.9. The van der Waals surface area contributed by atoms with Crippen LogP contribution in [-0.2, 0) is 12.8 Å². The van der Waals surface area contributed by atoms with Crippen molar-refractivity contribution in [3.63, 3.8) is 0 Å². The third-order valence-electron chi connectivity index (χ3n) is 2.96. The molecule has 0 amide bonds. The Balaban J connectivity index is 2.10. The fourth-order valence-electron chi connectivity index (χ4n) is 2.15. The first-order valence-electron chi connectivity index (χ1n) is 5.69. The SMILES string of the molecule is CCCCCc1cccc2c1C=CC2. The van der Waals surface area contributed by atoms with E-state index in [0.717, 1.165) is 6.42 Å². The lowest BCUT2D eigenvalue weighted by Gasteiger charge is -2.06. The lowest BCUT2D eigenvalue weighted by molar-refractivity contribution is 0.716. The topological polar surface area (TPSA) is 0 Å². The minimum Gasteiger partial charge on any atom is -0.0795 e. The number of rotatable bonds is 4. The van der Waals surface area contributed by atoms with Crippen LogP contribution in [0.4, 0.5) is 0 Å². The summed E-state index contributed by atoms with van der Waals surface area (Å²) in [6, 6.07) is 6.73. The molecular weight excluding hydrogens is 168 g/mol. The molecule has 0 bridgehead atoms. The van der Waals surface area contributed by atoms with E-state index in [9.17, 15) is 0 Å². The third-order valence-corrected chi connectivity index (χ3v) is 2.96. The fourth-order valence-corrected chi connectivity index (χ4v) is 2.15. The molecule has 0 radical (unpaired) electrons. The maximum absolute atomic E-state index is 2.29. The Kier molecular flexibility index (Phi) is 3.03. The Bertz CT molecular complexity index is 334. The molecule has 0 fully saturated rings. The Morgan fingerprint density at radius 2 is 2.14 bits per heavy atom. The van der Waals surface area contributed by atoms with Gasteiger partial charge in [-0.3, -0.25) is 0 Å². The molecule has 0 N–H and O–H groups in total. The van der Waals surface area contributed by atoms with Gasteiger partial charge in [0.1, 0.15) is 0 Å². The Morgan fingerprint density at radius 1 is 1.21 bits per heavy atom. The molecule has 0 saturated carbocycles. The van der Waals surface area contributed by atoms with Gasteiger partial charge < -0.3 is 0 Å². The number of unbranched alkanes of at least 4 members (excludes halogenated alkanes) is 2. The molecule has 0 saturated heterocycles. The molecule has 0 heteroatoms. The molecule has 0 nitrogen and oxygen atoms in total. The van der Waals surface area contributed by atoms with Crippen molar-refractivity contribution in [3.8, 4) is 0 Å². The van der Waals surface area contributed by atoms with Gasteiger partial charge in [0.2, 0.25) is 0 Å². The first kappa shape index (κ1) is 9.51. The summed E-state index contributed by atoms with van der Waals surface area (Å²) in [6.45, 7) is 2.26. The second kappa shape index (κ2) is 4.45. The standard InChI is InChI=1S/C14H18/c1-2-3-4-7-12-8-5-9-13-10-6-11-14(12)13/h5-6,8-9,11H,2-4,7,10H2,1H3. The highest BCUT2D eigenvalue weighted by Gasteiger charge is 2.08. The number of allylic oxidation sites excluding steroid dienone is 1. The lowest BCUT2D eigenvalue weighted by atomic mass is 9.99. The number of benzene rings is 1. The largest absolute Gasteiger partial charge is 0.0795 e. The molecule has 0 heterocycles. The van der Waals surface area contributed by atoms with E-state index in [4.69, 9.17) is 0 Å². The zero-order valence-corrected chi connectivity index (χ0v) is 8.92. The van der Waals surface area contributed by atoms with E-state index in [1.807, 2.05) is 0 Å². The lowest BCUT2D eigenvalue weighted by Crippen LogP contribution is -1.91. The van der Waals surface area contributed by atoms with Gasteiger partial charge in [-0.05, 0) is 36.0 Å². The Morgan fingerprint density at radius 3 is 3.00 bits per heavy atom. The highest BCUT2D eigenvalue weighted by Crippen LogP contribution is 2.24. The molecule has 0 spiro atoms. The van der Waals surface area contributed by atoms with Crippen LogP contribution in [-0.4, -0.2) is 0 Å². The first-order chi connectivity index (χ1) is 6.92. The van der Waals surface area contributed by atoms with Crippen LogP contribution in [0, 0.1) is 0 Å². The predicted octanol–water partition coefficient (Wildman–Crippen LogP) is 3.99. The summed E-state index contributed by atoms with van der Waals surface area (Å²) in [7, 11) is 0. The van der Waals surface area contributed by atoms with E-state index in [0.29, 0.717) is 0 Å². The average molecular weight is 186 g/mol. The molecule has 74 valence electrons. The highest BCUT2D eigenvalue weighted by atomic mass is 14.1. The smallest absolute Gasteiger partial charge is 0.00881 e. The van der Waals surface area contributed by atoms with Crippen molar-refractivity contribution in [2.45, 2.75) is 39.0 Å². The fraction of sp³-hybridized carbons (Fsp3) is 0.429. The van der Waals surface area contributed by atoms with Crippen molar-refractivity contribution in [2.24, 2.45) is 0 Å². The van der Waals surface area contributed by atoms with E-state index >= 15 is 0 Å². The minimum absolute atomic E-state index is 1.14. The van der Waals surface area contributed by atoms with Gasteiger partial charge >= 0.3 is 0 Å². The summed E-state index contributed by atoms with van der Waals surface area (Å²) >= 11 is 0. The molecule has 14 heavy (non-hydrogen) atoms. The van der Waals surface area contributed by atoms with E-state index in [-0.39, 0.29) is 0 Å². The van der Waals surface area contributed by atoms with Crippen molar-refractivity contribution >= 4 is 6.08 Å². The molecule has 0 aliphatic heterocycles. The molecular formula is C14H18. The van der Waals surface area contributed by atoms with Gasteiger partial charge in [0.15, 0.2) is 0 Å². The van der Waals surface area contributed by atoms with Gasteiger partial charge in [-0.1, -0.05) is 50.1 Å². The molecule has 1 aliphatic rings.